The minimum absolute atomic E-state index is 0.145. The van der Waals surface area contributed by atoms with Crippen molar-refractivity contribution in [3.05, 3.63) is 65.7 Å². The van der Waals surface area contributed by atoms with Gasteiger partial charge in [0, 0.05) is 36.8 Å². The van der Waals surface area contributed by atoms with Crippen LogP contribution in [0, 0.1) is 0 Å². The first-order valence-corrected chi connectivity index (χ1v) is 11.3. The van der Waals surface area contributed by atoms with Gasteiger partial charge in [0.2, 0.25) is 23.6 Å². The van der Waals surface area contributed by atoms with Gasteiger partial charge in [-0.15, -0.1) is 0 Å². The Kier molecular flexibility index (Phi) is 6.40. The van der Waals surface area contributed by atoms with Gasteiger partial charge in [0.25, 0.3) is 0 Å². The van der Waals surface area contributed by atoms with Gasteiger partial charge in [0.1, 0.15) is 0 Å². The first kappa shape index (κ1) is 22.5. The van der Waals surface area contributed by atoms with Gasteiger partial charge in [-0.2, -0.15) is 0 Å². The van der Waals surface area contributed by atoms with E-state index in [9.17, 15) is 19.2 Å². The van der Waals surface area contributed by atoms with Gasteiger partial charge in [-0.25, -0.2) is 0 Å². The fourth-order valence-electron chi connectivity index (χ4n) is 4.48. The molecule has 0 spiro atoms. The average Bonchev–Trinajstić information content (AvgIpc) is 3.25. The van der Waals surface area contributed by atoms with Gasteiger partial charge < -0.3 is 10.2 Å². The van der Waals surface area contributed by atoms with Gasteiger partial charge in [-0.3, -0.25) is 24.5 Å². The van der Waals surface area contributed by atoms with Crippen LogP contribution in [-0.2, 0) is 24.6 Å². The summed E-state index contributed by atoms with van der Waals surface area (Å²) in [6.07, 6.45) is 6.03. The lowest BCUT2D eigenvalue weighted by molar-refractivity contribution is -0.138. The molecule has 0 aliphatic carbocycles. The quantitative estimate of drug-likeness (QED) is 0.525. The van der Waals surface area contributed by atoms with E-state index in [-0.39, 0.29) is 23.6 Å². The molecule has 1 unspecified atom stereocenters. The summed E-state index contributed by atoms with van der Waals surface area (Å²) >= 11 is 0. The van der Waals surface area contributed by atoms with Crippen LogP contribution in [0.4, 0.5) is 11.4 Å². The van der Waals surface area contributed by atoms with Crippen molar-refractivity contribution in [2.45, 2.75) is 44.4 Å². The average molecular weight is 446 g/mol. The summed E-state index contributed by atoms with van der Waals surface area (Å²) in [5.74, 6) is -0.626. The number of rotatable bonds is 6. The van der Waals surface area contributed by atoms with E-state index in [1.807, 2.05) is 43.3 Å². The normalized spacial score (nSPS) is 20.9. The van der Waals surface area contributed by atoms with Crippen molar-refractivity contribution in [1.29, 1.82) is 0 Å². The van der Waals surface area contributed by atoms with Crippen molar-refractivity contribution in [1.82, 2.24) is 5.32 Å². The Bertz CT molecular complexity index is 1110. The smallest absolute Gasteiger partial charge is 0.248 e. The summed E-state index contributed by atoms with van der Waals surface area (Å²) in [6.45, 7) is 2.68. The summed E-state index contributed by atoms with van der Waals surface area (Å²) in [7, 11) is 0. The van der Waals surface area contributed by atoms with E-state index < -0.39 is 5.41 Å². The van der Waals surface area contributed by atoms with Crippen LogP contribution in [0.5, 0.6) is 0 Å². The summed E-state index contributed by atoms with van der Waals surface area (Å²) in [5.41, 5.74) is 2.47. The molecule has 0 aromatic heterocycles. The Hall–Kier alpha value is -3.74. The van der Waals surface area contributed by atoms with Crippen molar-refractivity contribution in [2.24, 2.45) is 0 Å². The second-order valence-corrected chi connectivity index (χ2v) is 8.45. The summed E-state index contributed by atoms with van der Waals surface area (Å²) in [4.78, 5) is 50.0. The van der Waals surface area contributed by atoms with Crippen LogP contribution >= 0.6 is 0 Å². The number of amides is 4. The molecule has 4 amide bonds. The van der Waals surface area contributed by atoms with Gasteiger partial charge in [0.15, 0.2) is 0 Å². The van der Waals surface area contributed by atoms with Crippen molar-refractivity contribution >= 4 is 41.1 Å². The van der Waals surface area contributed by atoms with Crippen molar-refractivity contribution < 1.29 is 19.2 Å². The first-order chi connectivity index (χ1) is 15.9. The van der Waals surface area contributed by atoms with Crippen molar-refractivity contribution in [3.63, 3.8) is 0 Å². The number of hydrogen-bond acceptors (Lipinski definition) is 4. The Morgan fingerprint density at radius 1 is 1.06 bits per heavy atom. The van der Waals surface area contributed by atoms with Crippen LogP contribution in [0.15, 0.2) is 54.6 Å². The molecule has 2 aromatic carbocycles. The molecule has 0 saturated carbocycles. The number of carbonyl (C=O) groups is 4. The molecule has 4 rings (SSSR count). The Morgan fingerprint density at radius 2 is 1.79 bits per heavy atom. The maximum Gasteiger partial charge on any atom is 0.248 e. The van der Waals surface area contributed by atoms with Crippen LogP contribution in [0.1, 0.15) is 50.2 Å². The highest BCUT2D eigenvalue weighted by atomic mass is 16.2. The number of carbonyl (C=O) groups excluding carboxylic acids is 4. The lowest BCUT2D eigenvalue weighted by atomic mass is 9.72. The second kappa shape index (κ2) is 9.40. The first-order valence-electron chi connectivity index (χ1n) is 11.3. The third kappa shape index (κ3) is 4.72. The largest absolute Gasteiger partial charge is 0.323 e. The topological polar surface area (TPSA) is 95.6 Å². The summed E-state index contributed by atoms with van der Waals surface area (Å²) in [6, 6.07) is 14.7. The molecule has 2 N–H and O–H groups in total. The van der Waals surface area contributed by atoms with Crippen LogP contribution in [-0.4, -0.2) is 30.2 Å². The van der Waals surface area contributed by atoms with Gasteiger partial charge in [-0.1, -0.05) is 31.2 Å². The predicted molar refractivity (Wildman–Crippen MR) is 126 cm³/mol. The molecule has 170 valence electrons. The predicted octanol–water partition coefficient (Wildman–Crippen LogP) is 3.55. The molecule has 2 fully saturated rings. The molecule has 2 saturated heterocycles. The highest BCUT2D eigenvalue weighted by Crippen LogP contribution is 2.36. The Balaban J connectivity index is 1.38. The van der Waals surface area contributed by atoms with E-state index in [4.69, 9.17) is 0 Å². The molecule has 33 heavy (non-hydrogen) atoms. The number of nitrogens with one attached hydrogen (secondary N) is 2. The number of nitrogens with zero attached hydrogens (tertiary/aromatic N) is 1. The lowest BCUT2D eigenvalue weighted by Gasteiger charge is -2.35. The second-order valence-electron chi connectivity index (χ2n) is 8.45. The number of hydrogen-bond donors (Lipinski definition) is 2. The third-order valence-corrected chi connectivity index (χ3v) is 6.48. The van der Waals surface area contributed by atoms with Crippen LogP contribution in [0.25, 0.3) is 6.08 Å². The molecule has 1 atom stereocenters. The van der Waals surface area contributed by atoms with Crippen LogP contribution in [0.2, 0.25) is 0 Å². The van der Waals surface area contributed by atoms with E-state index in [1.165, 1.54) is 6.08 Å². The van der Waals surface area contributed by atoms with Crippen molar-refractivity contribution in [3.8, 4) is 0 Å². The summed E-state index contributed by atoms with van der Waals surface area (Å²) < 4.78 is 0. The maximum atomic E-state index is 12.5. The molecule has 2 aliphatic rings. The van der Waals surface area contributed by atoms with E-state index in [0.717, 1.165) is 29.8 Å². The SMILES string of the molecule is CCC1(c2ccc(NC(=O)/C=C/c3ccc(N4CCCC4=O)cc3)cc2)CCC(=O)NC1=O. The monoisotopic (exact) mass is 445 g/mol. The lowest BCUT2D eigenvalue weighted by Crippen LogP contribution is -2.51. The zero-order chi connectivity index (χ0) is 23.4. The standard InChI is InChI=1S/C26H27N3O4/c1-2-26(16-15-23(31)28-25(26)33)19-8-10-20(11-9-19)27-22(30)14-7-18-5-12-21(13-6-18)29-17-3-4-24(29)32/h5-14H,2-4,15-17H2,1H3,(H,27,30)(H,28,31,33)/b14-7+. The minimum Gasteiger partial charge on any atom is -0.323 e. The highest BCUT2D eigenvalue weighted by molar-refractivity contribution is 6.04. The number of imide groups is 1. The van der Waals surface area contributed by atoms with Crippen LogP contribution < -0.4 is 15.5 Å². The number of piperidine rings is 1. The molecule has 2 aromatic rings. The van der Waals surface area contributed by atoms with E-state index >= 15 is 0 Å². The molecule has 2 aliphatic heterocycles. The van der Waals surface area contributed by atoms with Crippen LogP contribution in [0.3, 0.4) is 0 Å². The third-order valence-electron chi connectivity index (χ3n) is 6.48. The van der Waals surface area contributed by atoms with Gasteiger partial charge in [0.05, 0.1) is 5.41 Å². The van der Waals surface area contributed by atoms with E-state index in [0.29, 0.717) is 31.4 Å². The molecular formula is C26H27N3O4. The maximum absolute atomic E-state index is 12.5. The molecule has 7 nitrogen and oxygen atoms in total. The number of anilines is 2. The Morgan fingerprint density at radius 3 is 2.39 bits per heavy atom. The van der Waals surface area contributed by atoms with Gasteiger partial charge >= 0.3 is 0 Å². The zero-order valence-corrected chi connectivity index (χ0v) is 18.6. The van der Waals surface area contributed by atoms with E-state index in [2.05, 4.69) is 10.6 Å². The fraction of sp³-hybridized carbons (Fsp3) is 0.308. The zero-order valence-electron chi connectivity index (χ0n) is 18.6. The van der Waals surface area contributed by atoms with Gasteiger partial charge in [-0.05, 0) is 60.7 Å². The van der Waals surface area contributed by atoms with E-state index in [1.54, 1.807) is 23.1 Å². The number of benzene rings is 2. The minimum atomic E-state index is -0.720. The fourth-order valence-corrected chi connectivity index (χ4v) is 4.48. The highest BCUT2D eigenvalue weighted by Gasteiger charge is 2.42. The molecule has 0 radical (unpaired) electrons. The molecule has 2 heterocycles. The van der Waals surface area contributed by atoms with Crippen molar-refractivity contribution in [2.75, 3.05) is 16.8 Å². The molecule has 0 bridgehead atoms. The molecule has 7 heteroatoms. The summed E-state index contributed by atoms with van der Waals surface area (Å²) in [5, 5.41) is 5.26. The molecular weight excluding hydrogens is 418 g/mol. The Labute approximate surface area is 192 Å².